The van der Waals surface area contributed by atoms with Crippen LogP contribution in [0.5, 0.6) is 0 Å². The van der Waals surface area contributed by atoms with Crippen LogP contribution < -0.4 is 10.6 Å². The number of hydrogen-bond donors (Lipinski definition) is 3. The molecule has 6 heteroatoms. The minimum atomic E-state index is -0.985. The molecule has 0 aromatic heterocycles. The average Bonchev–Trinajstić information content (AvgIpc) is 2.90. The first-order valence-electron chi connectivity index (χ1n) is 13.3. The van der Waals surface area contributed by atoms with Crippen LogP contribution in [0.25, 0.3) is 0 Å². The number of hydrogen-bond acceptors (Lipinski definition) is 3. The van der Waals surface area contributed by atoms with E-state index in [1.807, 2.05) is 36.4 Å². The molecule has 202 valence electrons. The summed E-state index contributed by atoms with van der Waals surface area (Å²) >= 11 is 0. The monoisotopic (exact) mass is 520 g/mol. The summed E-state index contributed by atoms with van der Waals surface area (Å²) in [6.45, 7) is 6.59. The van der Waals surface area contributed by atoms with E-state index in [1.165, 1.54) is 17.7 Å². The Bertz CT molecular complexity index is 1180. The smallest absolute Gasteiger partial charge is 0.251 e. The number of carbonyl (C=O) groups is 1. The van der Waals surface area contributed by atoms with Crippen molar-refractivity contribution in [1.29, 1.82) is 0 Å². The van der Waals surface area contributed by atoms with Crippen LogP contribution in [0.3, 0.4) is 0 Å². The number of aliphatic hydroxyl groups excluding tert-OH is 1. The average molecular weight is 521 g/mol. The second-order valence-electron chi connectivity index (χ2n) is 9.67. The Kier molecular flexibility index (Phi) is 11.7. The highest BCUT2D eigenvalue weighted by atomic mass is 19.1. The lowest BCUT2D eigenvalue weighted by atomic mass is 9.99. The van der Waals surface area contributed by atoms with Crippen LogP contribution in [-0.2, 0) is 25.8 Å². The Balaban J connectivity index is 1.69. The summed E-state index contributed by atoms with van der Waals surface area (Å²) in [5, 5.41) is 17.2. The van der Waals surface area contributed by atoms with Crippen LogP contribution in [0, 0.1) is 11.6 Å². The number of amides is 1. The number of halogens is 2. The molecule has 3 aromatic rings. The molecule has 0 radical (unpaired) electrons. The normalized spacial score (nSPS) is 12.6. The van der Waals surface area contributed by atoms with Gasteiger partial charge in [-0.1, -0.05) is 49.4 Å². The molecule has 0 bridgehead atoms. The van der Waals surface area contributed by atoms with Gasteiger partial charge < -0.3 is 15.7 Å². The lowest BCUT2D eigenvalue weighted by molar-refractivity contribution is 0.0829. The van der Waals surface area contributed by atoms with E-state index >= 15 is 0 Å². The lowest BCUT2D eigenvalue weighted by Crippen LogP contribution is -2.48. The van der Waals surface area contributed by atoms with Crippen LogP contribution in [0.4, 0.5) is 8.78 Å². The summed E-state index contributed by atoms with van der Waals surface area (Å²) in [6.07, 6.45) is 5.77. The molecule has 3 aromatic carbocycles. The zero-order chi connectivity index (χ0) is 27.3. The molecule has 0 saturated carbocycles. The quantitative estimate of drug-likeness (QED) is 0.172. The molecule has 0 aliphatic heterocycles. The van der Waals surface area contributed by atoms with Gasteiger partial charge in [-0.25, -0.2) is 8.78 Å². The molecule has 2 atom stereocenters. The number of allylic oxidation sites excluding steroid dienone is 1. The zero-order valence-electron chi connectivity index (χ0n) is 22.1. The van der Waals surface area contributed by atoms with E-state index in [2.05, 4.69) is 36.3 Å². The zero-order valence-corrected chi connectivity index (χ0v) is 22.1. The molecule has 0 spiro atoms. The highest BCUT2D eigenvalue weighted by molar-refractivity contribution is 5.94. The maximum atomic E-state index is 13.8. The highest BCUT2D eigenvalue weighted by Crippen LogP contribution is 2.14. The second kappa shape index (κ2) is 15.2. The SMILES string of the molecule is C=CCCCCc1cccc(C(=O)N[C@@H](Cc2cc(F)cc(F)c2)[C@H](O)CNCc2cccc(CC)c2)c1. The molecular formula is C32H38F2N2O2. The topological polar surface area (TPSA) is 61.4 Å². The van der Waals surface area contributed by atoms with Gasteiger partial charge in [0.2, 0.25) is 0 Å². The molecule has 0 aliphatic rings. The summed E-state index contributed by atoms with van der Waals surface area (Å²) in [6, 6.07) is 18.1. The van der Waals surface area contributed by atoms with E-state index in [0.717, 1.165) is 49.3 Å². The van der Waals surface area contributed by atoms with Gasteiger partial charge in [0.15, 0.2) is 0 Å². The summed E-state index contributed by atoms with van der Waals surface area (Å²) in [7, 11) is 0. The van der Waals surface area contributed by atoms with Crippen molar-refractivity contribution in [3.63, 3.8) is 0 Å². The first-order chi connectivity index (χ1) is 18.4. The van der Waals surface area contributed by atoms with Gasteiger partial charge in [-0.2, -0.15) is 0 Å². The van der Waals surface area contributed by atoms with E-state index in [0.29, 0.717) is 17.7 Å². The van der Waals surface area contributed by atoms with Crippen molar-refractivity contribution < 1.29 is 18.7 Å². The highest BCUT2D eigenvalue weighted by Gasteiger charge is 2.23. The van der Waals surface area contributed by atoms with Gasteiger partial charge >= 0.3 is 0 Å². The Labute approximate surface area is 224 Å². The molecule has 0 unspecified atom stereocenters. The molecule has 0 aliphatic carbocycles. The summed E-state index contributed by atoms with van der Waals surface area (Å²) < 4.78 is 27.7. The maximum Gasteiger partial charge on any atom is 0.251 e. The molecule has 3 N–H and O–H groups in total. The van der Waals surface area contributed by atoms with Crippen LogP contribution in [0.1, 0.15) is 58.8 Å². The molecule has 1 amide bonds. The van der Waals surface area contributed by atoms with Crippen molar-refractivity contribution in [3.8, 4) is 0 Å². The Hall–Kier alpha value is -3.35. The predicted octanol–water partition coefficient (Wildman–Crippen LogP) is 5.92. The van der Waals surface area contributed by atoms with Gasteiger partial charge in [0, 0.05) is 24.7 Å². The Morgan fingerprint density at radius 1 is 0.947 bits per heavy atom. The number of nitrogens with one attached hydrogen (secondary N) is 2. The summed E-state index contributed by atoms with van der Waals surface area (Å²) in [4.78, 5) is 13.2. The number of benzene rings is 3. The second-order valence-corrected chi connectivity index (χ2v) is 9.67. The van der Waals surface area contributed by atoms with Crippen molar-refractivity contribution in [2.75, 3.05) is 6.54 Å². The number of rotatable bonds is 15. The van der Waals surface area contributed by atoms with Crippen molar-refractivity contribution in [1.82, 2.24) is 10.6 Å². The third kappa shape index (κ3) is 9.51. The van der Waals surface area contributed by atoms with Crippen LogP contribution in [0.15, 0.2) is 79.4 Å². The third-order valence-corrected chi connectivity index (χ3v) is 6.55. The lowest BCUT2D eigenvalue weighted by Gasteiger charge is -2.25. The van der Waals surface area contributed by atoms with E-state index in [1.54, 1.807) is 6.07 Å². The van der Waals surface area contributed by atoms with Crippen molar-refractivity contribution >= 4 is 5.91 Å². The largest absolute Gasteiger partial charge is 0.390 e. The fraction of sp³-hybridized carbons (Fsp3) is 0.344. The molecular weight excluding hydrogens is 482 g/mol. The van der Waals surface area contributed by atoms with E-state index in [4.69, 9.17) is 0 Å². The van der Waals surface area contributed by atoms with Gasteiger partial charge in [0.1, 0.15) is 11.6 Å². The number of aryl methyl sites for hydroxylation is 2. The fourth-order valence-corrected chi connectivity index (χ4v) is 4.47. The Morgan fingerprint density at radius 2 is 1.66 bits per heavy atom. The predicted molar refractivity (Wildman–Crippen MR) is 149 cm³/mol. The molecule has 38 heavy (non-hydrogen) atoms. The van der Waals surface area contributed by atoms with Gasteiger partial charge in [-0.15, -0.1) is 6.58 Å². The standard InChI is InChI=1S/C32H38F2N2O2/c1-3-5-6-7-10-24-12-9-14-27(16-24)32(38)36-30(19-26-17-28(33)20-29(34)18-26)31(37)22-35-21-25-13-8-11-23(4-2)15-25/h3,8-9,11-18,20,30-31,35,37H,1,4-7,10,19,21-22H2,2H3,(H,36,38)/t30-,31+/m0/s1. The van der Waals surface area contributed by atoms with E-state index in [-0.39, 0.29) is 18.9 Å². The minimum absolute atomic E-state index is 0.0792. The Morgan fingerprint density at radius 3 is 2.39 bits per heavy atom. The van der Waals surface area contributed by atoms with Gasteiger partial charge in [-0.3, -0.25) is 4.79 Å². The van der Waals surface area contributed by atoms with Gasteiger partial charge in [-0.05, 0) is 85.0 Å². The van der Waals surface area contributed by atoms with Gasteiger partial charge in [0.25, 0.3) is 5.91 Å². The van der Waals surface area contributed by atoms with Crippen LogP contribution >= 0.6 is 0 Å². The molecule has 4 nitrogen and oxygen atoms in total. The van der Waals surface area contributed by atoms with E-state index < -0.39 is 23.8 Å². The molecule has 0 heterocycles. The van der Waals surface area contributed by atoms with Crippen LogP contribution in [-0.4, -0.2) is 29.7 Å². The summed E-state index contributed by atoms with van der Waals surface area (Å²) in [5.41, 5.74) is 4.22. The van der Waals surface area contributed by atoms with Crippen molar-refractivity contribution in [2.45, 2.75) is 64.1 Å². The third-order valence-electron chi connectivity index (χ3n) is 6.55. The molecule has 3 rings (SSSR count). The first-order valence-corrected chi connectivity index (χ1v) is 13.3. The summed E-state index contributed by atoms with van der Waals surface area (Å²) in [5.74, 6) is -1.73. The van der Waals surface area contributed by atoms with Gasteiger partial charge in [0.05, 0.1) is 12.1 Å². The molecule has 0 fully saturated rings. The van der Waals surface area contributed by atoms with Crippen molar-refractivity contribution in [2.24, 2.45) is 0 Å². The number of unbranched alkanes of at least 4 members (excludes halogenated alkanes) is 2. The molecule has 0 saturated heterocycles. The van der Waals surface area contributed by atoms with Crippen molar-refractivity contribution in [3.05, 3.63) is 119 Å². The minimum Gasteiger partial charge on any atom is -0.390 e. The van der Waals surface area contributed by atoms with Crippen LogP contribution in [0.2, 0.25) is 0 Å². The first kappa shape index (κ1) is 29.2. The number of aliphatic hydroxyl groups is 1. The number of carbonyl (C=O) groups excluding carboxylic acids is 1. The fourth-order valence-electron chi connectivity index (χ4n) is 4.47. The van der Waals surface area contributed by atoms with E-state index in [9.17, 15) is 18.7 Å². The maximum absolute atomic E-state index is 13.8.